The SMILES string of the molecule is CCNC(=NCc1nc(C)c(C)s1)NCC(C1CCCCC1)N(C)C. The number of hydrogen-bond acceptors (Lipinski definition) is 4. The number of guanidine groups is 1. The average Bonchev–Trinajstić information content (AvgIpc) is 2.91. The molecule has 6 heteroatoms. The van der Waals surface area contributed by atoms with E-state index in [1.807, 2.05) is 0 Å². The molecule has 1 fully saturated rings. The molecule has 0 aromatic carbocycles. The predicted octanol–water partition coefficient (Wildman–Crippen LogP) is 3.33. The van der Waals surface area contributed by atoms with Crippen molar-refractivity contribution in [1.82, 2.24) is 20.5 Å². The molecule has 0 bridgehead atoms. The monoisotopic (exact) mass is 365 g/mol. The van der Waals surface area contributed by atoms with Crippen molar-refractivity contribution in [2.24, 2.45) is 10.9 Å². The first-order valence-corrected chi connectivity index (χ1v) is 10.4. The van der Waals surface area contributed by atoms with Crippen LogP contribution in [-0.2, 0) is 6.54 Å². The highest BCUT2D eigenvalue weighted by Crippen LogP contribution is 2.28. The second kappa shape index (κ2) is 10.1. The number of likely N-dealkylation sites (N-methyl/N-ethyl adjacent to an activating group) is 1. The normalized spacial score (nSPS) is 17.8. The van der Waals surface area contributed by atoms with Crippen LogP contribution < -0.4 is 10.6 Å². The second-order valence-corrected chi connectivity index (χ2v) is 8.54. The summed E-state index contributed by atoms with van der Waals surface area (Å²) in [7, 11) is 4.40. The lowest BCUT2D eigenvalue weighted by molar-refractivity contribution is 0.171. The summed E-state index contributed by atoms with van der Waals surface area (Å²) in [6.07, 6.45) is 6.88. The van der Waals surface area contributed by atoms with Crippen LogP contribution in [0.3, 0.4) is 0 Å². The molecule has 142 valence electrons. The van der Waals surface area contributed by atoms with Gasteiger partial charge in [-0.1, -0.05) is 19.3 Å². The molecule has 1 atom stereocenters. The van der Waals surface area contributed by atoms with E-state index in [0.29, 0.717) is 12.6 Å². The van der Waals surface area contributed by atoms with Crippen LogP contribution in [0, 0.1) is 19.8 Å². The van der Waals surface area contributed by atoms with E-state index in [4.69, 9.17) is 4.99 Å². The number of rotatable bonds is 7. The Hall–Kier alpha value is -1.14. The van der Waals surface area contributed by atoms with Crippen LogP contribution in [0.25, 0.3) is 0 Å². The summed E-state index contributed by atoms with van der Waals surface area (Å²) in [6, 6.07) is 0.563. The van der Waals surface area contributed by atoms with Gasteiger partial charge in [-0.15, -0.1) is 11.3 Å². The number of aromatic nitrogens is 1. The minimum absolute atomic E-state index is 0.563. The molecule has 1 aliphatic carbocycles. The maximum Gasteiger partial charge on any atom is 0.191 e. The van der Waals surface area contributed by atoms with E-state index >= 15 is 0 Å². The van der Waals surface area contributed by atoms with Crippen LogP contribution in [0.15, 0.2) is 4.99 Å². The fourth-order valence-corrected chi connectivity index (χ4v) is 4.44. The van der Waals surface area contributed by atoms with Gasteiger partial charge >= 0.3 is 0 Å². The Morgan fingerprint density at radius 1 is 1.24 bits per heavy atom. The van der Waals surface area contributed by atoms with E-state index in [-0.39, 0.29) is 0 Å². The van der Waals surface area contributed by atoms with Crippen molar-refractivity contribution >= 4 is 17.3 Å². The van der Waals surface area contributed by atoms with Crippen LogP contribution in [0.4, 0.5) is 0 Å². The van der Waals surface area contributed by atoms with Crippen molar-refractivity contribution < 1.29 is 0 Å². The lowest BCUT2D eigenvalue weighted by Gasteiger charge is -2.35. The quantitative estimate of drug-likeness (QED) is 0.575. The Labute approximate surface area is 157 Å². The minimum Gasteiger partial charge on any atom is -0.357 e. The van der Waals surface area contributed by atoms with Crippen molar-refractivity contribution in [1.29, 1.82) is 0 Å². The Morgan fingerprint density at radius 2 is 1.96 bits per heavy atom. The molecular weight excluding hydrogens is 330 g/mol. The molecule has 0 amide bonds. The smallest absolute Gasteiger partial charge is 0.191 e. The zero-order valence-electron chi connectivity index (χ0n) is 16.6. The van der Waals surface area contributed by atoms with Crippen molar-refractivity contribution in [3.63, 3.8) is 0 Å². The number of aryl methyl sites for hydroxylation is 2. The van der Waals surface area contributed by atoms with Gasteiger partial charge < -0.3 is 15.5 Å². The molecule has 2 N–H and O–H groups in total. The molecule has 5 nitrogen and oxygen atoms in total. The third-order valence-electron chi connectivity index (χ3n) is 5.13. The van der Waals surface area contributed by atoms with Gasteiger partial charge in [-0.25, -0.2) is 9.98 Å². The highest BCUT2D eigenvalue weighted by atomic mass is 32.1. The van der Waals surface area contributed by atoms with Gasteiger partial charge in [0.25, 0.3) is 0 Å². The van der Waals surface area contributed by atoms with Crippen LogP contribution in [0.1, 0.15) is 54.6 Å². The molecule has 1 aromatic heterocycles. The maximum atomic E-state index is 4.74. The summed E-state index contributed by atoms with van der Waals surface area (Å²) in [5, 5.41) is 8.02. The van der Waals surface area contributed by atoms with Gasteiger partial charge in [-0.2, -0.15) is 0 Å². The van der Waals surface area contributed by atoms with Gasteiger partial charge in [0.2, 0.25) is 0 Å². The molecule has 2 rings (SSSR count). The zero-order valence-corrected chi connectivity index (χ0v) is 17.4. The van der Waals surface area contributed by atoms with Gasteiger partial charge in [0.05, 0.1) is 12.2 Å². The molecule has 1 aromatic rings. The van der Waals surface area contributed by atoms with Crippen LogP contribution in [0.5, 0.6) is 0 Å². The molecule has 0 spiro atoms. The summed E-state index contributed by atoms with van der Waals surface area (Å²) in [6.45, 7) is 8.76. The summed E-state index contributed by atoms with van der Waals surface area (Å²) in [4.78, 5) is 13.0. The molecule has 1 aliphatic rings. The van der Waals surface area contributed by atoms with E-state index in [1.54, 1.807) is 11.3 Å². The minimum atomic E-state index is 0.563. The summed E-state index contributed by atoms with van der Waals surface area (Å²) in [5.74, 6) is 1.69. The Morgan fingerprint density at radius 3 is 2.52 bits per heavy atom. The summed E-state index contributed by atoms with van der Waals surface area (Å²) >= 11 is 1.74. The molecule has 1 heterocycles. The largest absolute Gasteiger partial charge is 0.357 e. The number of hydrogen-bond donors (Lipinski definition) is 2. The van der Waals surface area contributed by atoms with E-state index in [2.05, 4.69) is 55.4 Å². The third-order valence-corrected chi connectivity index (χ3v) is 6.18. The van der Waals surface area contributed by atoms with Crippen molar-refractivity contribution in [3.8, 4) is 0 Å². The molecule has 25 heavy (non-hydrogen) atoms. The number of nitrogens with zero attached hydrogens (tertiary/aromatic N) is 3. The molecule has 0 saturated heterocycles. The number of nitrogens with one attached hydrogen (secondary N) is 2. The van der Waals surface area contributed by atoms with Crippen LogP contribution >= 0.6 is 11.3 Å². The van der Waals surface area contributed by atoms with Gasteiger partial charge in [0.15, 0.2) is 5.96 Å². The van der Waals surface area contributed by atoms with Gasteiger partial charge in [-0.05, 0) is 53.6 Å². The highest BCUT2D eigenvalue weighted by molar-refractivity contribution is 7.11. The molecule has 0 aliphatic heterocycles. The van der Waals surface area contributed by atoms with E-state index in [0.717, 1.165) is 35.7 Å². The molecule has 1 saturated carbocycles. The van der Waals surface area contributed by atoms with Gasteiger partial charge in [0.1, 0.15) is 5.01 Å². The lowest BCUT2D eigenvalue weighted by atomic mass is 9.83. The number of thiazole rings is 1. The summed E-state index contributed by atoms with van der Waals surface area (Å²) in [5.41, 5.74) is 1.12. The fraction of sp³-hybridized carbons (Fsp3) is 0.789. The molecule has 1 unspecified atom stereocenters. The first-order chi connectivity index (χ1) is 12.0. The third kappa shape index (κ3) is 6.26. The van der Waals surface area contributed by atoms with Gasteiger partial charge in [-0.3, -0.25) is 0 Å². The van der Waals surface area contributed by atoms with Crippen LogP contribution in [0.2, 0.25) is 0 Å². The van der Waals surface area contributed by atoms with Crippen molar-refractivity contribution in [2.45, 2.75) is 65.5 Å². The average molecular weight is 366 g/mol. The van der Waals surface area contributed by atoms with E-state index in [1.165, 1.54) is 37.0 Å². The topological polar surface area (TPSA) is 52.6 Å². The molecule has 0 radical (unpaired) electrons. The predicted molar refractivity (Wildman–Crippen MR) is 108 cm³/mol. The van der Waals surface area contributed by atoms with Crippen LogP contribution in [-0.4, -0.2) is 49.1 Å². The van der Waals surface area contributed by atoms with Crippen molar-refractivity contribution in [2.75, 3.05) is 27.2 Å². The Balaban J connectivity index is 1.95. The van der Waals surface area contributed by atoms with Crippen molar-refractivity contribution in [3.05, 3.63) is 15.6 Å². The summed E-state index contributed by atoms with van der Waals surface area (Å²) < 4.78 is 0. The second-order valence-electron chi connectivity index (χ2n) is 7.25. The standard InChI is InChI=1S/C19H35N5S/c1-6-20-19(22-13-18-23-14(2)15(3)25-18)21-12-17(24(4)5)16-10-8-7-9-11-16/h16-17H,6-13H2,1-5H3,(H2,20,21,22). The fourth-order valence-electron chi connectivity index (χ4n) is 3.59. The van der Waals surface area contributed by atoms with Gasteiger partial charge in [0, 0.05) is 24.0 Å². The first kappa shape index (κ1) is 20.2. The lowest BCUT2D eigenvalue weighted by Crippen LogP contribution is -2.48. The van der Waals surface area contributed by atoms with E-state index < -0.39 is 0 Å². The highest BCUT2D eigenvalue weighted by Gasteiger charge is 2.25. The Kier molecular flexibility index (Phi) is 8.16. The molecular formula is C19H35N5S. The van der Waals surface area contributed by atoms with E-state index in [9.17, 15) is 0 Å². The zero-order chi connectivity index (χ0) is 18.2. The Bertz CT molecular complexity index is 527. The maximum absolute atomic E-state index is 4.74. The first-order valence-electron chi connectivity index (χ1n) is 9.62. The number of aliphatic imine (C=N–C) groups is 1.